The molecule has 0 unspecified atom stereocenters. The molecule has 0 radical (unpaired) electrons. The third-order valence-corrected chi connectivity index (χ3v) is 3.72. The number of halogens is 1. The summed E-state index contributed by atoms with van der Waals surface area (Å²) in [6.45, 7) is 3.27. The van der Waals surface area contributed by atoms with E-state index in [0.29, 0.717) is 19.0 Å². The molecule has 0 saturated carbocycles. The van der Waals surface area contributed by atoms with Crippen molar-refractivity contribution >= 4 is 22.6 Å². The van der Waals surface area contributed by atoms with Crippen LogP contribution in [0.4, 0.5) is 0 Å². The Morgan fingerprint density at radius 1 is 1.29 bits per heavy atom. The smallest absolute Gasteiger partial charge is 0.147 e. The first-order chi connectivity index (χ1) is 10.2. The molecule has 0 fully saturated rings. The molecule has 3 rings (SSSR count). The maximum atomic E-state index is 6.07. The third-order valence-electron chi connectivity index (χ3n) is 3.48. The molecule has 21 heavy (non-hydrogen) atoms. The number of benzene rings is 1. The van der Waals surface area contributed by atoms with Crippen molar-refractivity contribution in [3.8, 4) is 5.75 Å². The fraction of sp³-hybridized carbons (Fsp3) is 0.333. The third kappa shape index (κ3) is 2.49. The molecule has 0 bridgehead atoms. The van der Waals surface area contributed by atoms with E-state index in [0.717, 1.165) is 28.3 Å². The van der Waals surface area contributed by atoms with Gasteiger partial charge in [-0.2, -0.15) is 5.10 Å². The number of hydrogen-bond donors (Lipinski definition) is 0. The highest BCUT2D eigenvalue weighted by Gasteiger charge is 2.14. The quantitative estimate of drug-likeness (QED) is 0.681. The number of ether oxygens (including phenoxy) is 1. The van der Waals surface area contributed by atoms with Gasteiger partial charge in [0.25, 0.3) is 0 Å². The van der Waals surface area contributed by atoms with Gasteiger partial charge in [0.05, 0.1) is 30.2 Å². The second kappa shape index (κ2) is 5.77. The van der Waals surface area contributed by atoms with Crippen LogP contribution in [-0.4, -0.2) is 25.9 Å². The number of aromatic nitrogens is 4. The molecule has 0 N–H and O–H groups in total. The van der Waals surface area contributed by atoms with Gasteiger partial charge in [0.2, 0.25) is 0 Å². The topological polar surface area (TPSA) is 44.9 Å². The number of nitrogens with zero attached hydrogens (tertiary/aromatic N) is 4. The Bertz CT molecular complexity index is 762. The minimum atomic E-state index is 0.359. The van der Waals surface area contributed by atoms with Crippen molar-refractivity contribution in [3.63, 3.8) is 0 Å². The van der Waals surface area contributed by atoms with Crippen LogP contribution in [0.2, 0.25) is 0 Å². The first-order valence-corrected chi connectivity index (χ1v) is 7.41. The lowest BCUT2D eigenvalue weighted by Crippen LogP contribution is -2.08. The molecule has 110 valence electrons. The van der Waals surface area contributed by atoms with Crippen LogP contribution in [0.5, 0.6) is 5.75 Å². The molecule has 0 saturated heterocycles. The molecule has 0 aliphatic rings. The van der Waals surface area contributed by atoms with Crippen molar-refractivity contribution in [3.05, 3.63) is 42.0 Å². The van der Waals surface area contributed by atoms with E-state index >= 15 is 0 Å². The monoisotopic (exact) mass is 304 g/mol. The van der Waals surface area contributed by atoms with Crippen molar-refractivity contribution in [2.45, 2.75) is 19.3 Å². The van der Waals surface area contributed by atoms with E-state index in [2.05, 4.69) is 14.6 Å². The lowest BCUT2D eigenvalue weighted by atomic mass is 10.3. The van der Waals surface area contributed by atoms with Crippen LogP contribution < -0.4 is 4.74 Å². The largest absolute Gasteiger partial charge is 0.492 e. The normalized spacial score (nSPS) is 11.2. The fourth-order valence-electron chi connectivity index (χ4n) is 2.44. The lowest BCUT2D eigenvalue weighted by molar-refractivity contribution is 0.343. The number of hydrogen-bond acceptors (Lipinski definition) is 3. The average molecular weight is 305 g/mol. The standard InChI is InChI=1S/C15H17ClN4O/c1-3-21-13-6-4-5-12-15(13)18-14(9-16)20(12)10-11-7-8-17-19(11)2/h4-8H,3,9-10H2,1-2H3. The van der Waals surface area contributed by atoms with Gasteiger partial charge in [0, 0.05) is 13.2 Å². The number of aryl methyl sites for hydroxylation is 1. The molecule has 1 aromatic carbocycles. The molecule has 0 atom stereocenters. The predicted molar refractivity (Wildman–Crippen MR) is 82.8 cm³/mol. The van der Waals surface area contributed by atoms with Crippen LogP contribution in [0.3, 0.4) is 0 Å². The molecular formula is C15H17ClN4O. The molecule has 0 spiro atoms. The highest BCUT2D eigenvalue weighted by Crippen LogP contribution is 2.27. The summed E-state index contributed by atoms with van der Waals surface area (Å²) in [4.78, 5) is 4.64. The van der Waals surface area contributed by atoms with Crippen LogP contribution in [0.25, 0.3) is 11.0 Å². The number of fused-ring (bicyclic) bond motifs is 1. The van der Waals surface area contributed by atoms with E-state index in [1.807, 2.05) is 42.9 Å². The van der Waals surface area contributed by atoms with Gasteiger partial charge < -0.3 is 9.30 Å². The van der Waals surface area contributed by atoms with E-state index < -0.39 is 0 Å². The molecule has 2 heterocycles. The average Bonchev–Trinajstić information content (AvgIpc) is 3.05. The van der Waals surface area contributed by atoms with Gasteiger partial charge >= 0.3 is 0 Å². The Morgan fingerprint density at radius 3 is 2.81 bits per heavy atom. The molecule has 6 heteroatoms. The summed E-state index contributed by atoms with van der Waals surface area (Å²) in [5, 5.41) is 4.20. The van der Waals surface area contributed by atoms with E-state index in [-0.39, 0.29) is 0 Å². The molecule has 0 aliphatic heterocycles. The molecule has 2 aromatic heterocycles. The summed E-state index contributed by atoms with van der Waals surface area (Å²) in [5.74, 6) is 1.99. The number of imidazole rings is 1. The lowest BCUT2D eigenvalue weighted by Gasteiger charge is -2.08. The minimum Gasteiger partial charge on any atom is -0.492 e. The molecular weight excluding hydrogens is 288 g/mol. The van der Waals surface area contributed by atoms with Gasteiger partial charge in [-0.05, 0) is 25.1 Å². The molecule has 0 amide bonds. The van der Waals surface area contributed by atoms with E-state index in [9.17, 15) is 0 Å². The summed E-state index contributed by atoms with van der Waals surface area (Å²) in [6.07, 6.45) is 1.79. The van der Waals surface area contributed by atoms with E-state index in [4.69, 9.17) is 16.3 Å². The Hall–Kier alpha value is -2.01. The van der Waals surface area contributed by atoms with Crippen LogP contribution in [0.1, 0.15) is 18.4 Å². The zero-order valence-corrected chi connectivity index (χ0v) is 12.8. The Balaban J connectivity index is 2.12. The van der Waals surface area contributed by atoms with Gasteiger partial charge in [-0.3, -0.25) is 4.68 Å². The maximum Gasteiger partial charge on any atom is 0.147 e. The predicted octanol–water partition coefficient (Wildman–Crippen LogP) is 2.96. The highest BCUT2D eigenvalue weighted by molar-refractivity contribution is 6.16. The van der Waals surface area contributed by atoms with Gasteiger partial charge in [0.1, 0.15) is 17.1 Å². The van der Waals surface area contributed by atoms with Gasteiger partial charge in [-0.15, -0.1) is 11.6 Å². The van der Waals surface area contributed by atoms with E-state index in [1.54, 1.807) is 6.20 Å². The van der Waals surface area contributed by atoms with Crippen LogP contribution in [-0.2, 0) is 19.5 Å². The SMILES string of the molecule is CCOc1cccc2c1nc(CCl)n2Cc1ccnn1C. The molecule has 3 aromatic rings. The maximum absolute atomic E-state index is 6.07. The molecule has 5 nitrogen and oxygen atoms in total. The van der Waals surface area contributed by atoms with Crippen molar-refractivity contribution in [1.29, 1.82) is 0 Å². The van der Waals surface area contributed by atoms with Crippen molar-refractivity contribution in [1.82, 2.24) is 19.3 Å². The number of alkyl halides is 1. The Kier molecular flexibility index (Phi) is 3.84. The zero-order chi connectivity index (χ0) is 14.8. The Labute approximate surface area is 128 Å². The Morgan fingerprint density at radius 2 is 2.14 bits per heavy atom. The summed E-state index contributed by atoms with van der Waals surface area (Å²) in [7, 11) is 1.93. The summed E-state index contributed by atoms with van der Waals surface area (Å²) >= 11 is 6.07. The van der Waals surface area contributed by atoms with Gasteiger partial charge in [-0.25, -0.2) is 4.98 Å². The highest BCUT2D eigenvalue weighted by atomic mass is 35.5. The summed E-state index contributed by atoms with van der Waals surface area (Å²) in [5.41, 5.74) is 2.98. The van der Waals surface area contributed by atoms with Crippen LogP contribution >= 0.6 is 11.6 Å². The second-order valence-electron chi connectivity index (χ2n) is 4.75. The number of para-hydroxylation sites is 1. The zero-order valence-electron chi connectivity index (χ0n) is 12.1. The molecule has 0 aliphatic carbocycles. The first-order valence-electron chi connectivity index (χ1n) is 6.88. The summed E-state index contributed by atoms with van der Waals surface area (Å²) in [6, 6.07) is 7.95. The fourth-order valence-corrected chi connectivity index (χ4v) is 2.64. The van der Waals surface area contributed by atoms with Crippen molar-refractivity contribution in [2.75, 3.05) is 6.61 Å². The van der Waals surface area contributed by atoms with Crippen LogP contribution in [0.15, 0.2) is 30.5 Å². The van der Waals surface area contributed by atoms with Crippen molar-refractivity contribution < 1.29 is 4.74 Å². The van der Waals surface area contributed by atoms with Gasteiger partial charge in [-0.1, -0.05) is 6.07 Å². The van der Waals surface area contributed by atoms with E-state index in [1.165, 1.54) is 0 Å². The van der Waals surface area contributed by atoms with Crippen LogP contribution in [0, 0.1) is 0 Å². The van der Waals surface area contributed by atoms with Crippen molar-refractivity contribution in [2.24, 2.45) is 7.05 Å². The number of rotatable bonds is 5. The summed E-state index contributed by atoms with van der Waals surface area (Å²) < 4.78 is 9.62. The van der Waals surface area contributed by atoms with Gasteiger partial charge in [0.15, 0.2) is 0 Å². The first kappa shape index (κ1) is 13.9. The minimum absolute atomic E-state index is 0.359. The second-order valence-corrected chi connectivity index (χ2v) is 5.02.